The Balaban J connectivity index is 2.02. The summed E-state index contributed by atoms with van der Waals surface area (Å²) in [5, 5.41) is 0.762. The van der Waals surface area contributed by atoms with E-state index in [4.69, 9.17) is 13.9 Å². The molecule has 2 heterocycles. The lowest BCUT2D eigenvalue weighted by Gasteiger charge is -2.11. The number of nitrogens with zero attached hydrogens (tertiary/aromatic N) is 1. The van der Waals surface area contributed by atoms with Crippen molar-refractivity contribution in [3.8, 4) is 22.9 Å². The average molecular weight is 480 g/mol. The first-order valence-corrected chi connectivity index (χ1v) is 9.14. The Kier molecular flexibility index (Phi) is 4.24. The monoisotopic (exact) mass is 478 g/mol. The van der Waals surface area contributed by atoms with Crippen molar-refractivity contribution in [2.45, 2.75) is 0 Å². The van der Waals surface area contributed by atoms with Gasteiger partial charge in [-0.2, -0.15) is 0 Å². The van der Waals surface area contributed by atoms with Crippen molar-refractivity contribution in [3.05, 3.63) is 49.6 Å². The van der Waals surface area contributed by atoms with Crippen molar-refractivity contribution < 1.29 is 13.9 Å². The van der Waals surface area contributed by atoms with Gasteiger partial charge in [-0.25, -0.2) is 4.98 Å². The number of aromatic amines is 1. The zero-order valence-electron chi connectivity index (χ0n) is 13.7. The Morgan fingerprint density at radius 1 is 1.08 bits per heavy atom. The second-order valence-corrected chi connectivity index (χ2v) is 7.29. The van der Waals surface area contributed by atoms with Crippen LogP contribution in [0, 0.1) is 0 Å². The molecular formula is C18H12Br2N2O4. The van der Waals surface area contributed by atoms with E-state index in [2.05, 4.69) is 41.8 Å². The number of furan rings is 1. The number of benzene rings is 2. The topological polar surface area (TPSA) is 77.4 Å². The van der Waals surface area contributed by atoms with E-state index in [0.29, 0.717) is 38.5 Å². The van der Waals surface area contributed by atoms with Gasteiger partial charge in [-0.05, 0) is 46.3 Å². The van der Waals surface area contributed by atoms with Gasteiger partial charge >= 0.3 is 0 Å². The Hall–Kier alpha value is -2.32. The van der Waals surface area contributed by atoms with Gasteiger partial charge in [0, 0.05) is 19.9 Å². The summed E-state index contributed by atoms with van der Waals surface area (Å²) in [6.45, 7) is 0. The molecule has 8 heteroatoms. The van der Waals surface area contributed by atoms with Gasteiger partial charge in [0.2, 0.25) is 5.58 Å². The lowest BCUT2D eigenvalue weighted by Crippen LogP contribution is -2.08. The van der Waals surface area contributed by atoms with E-state index in [0.717, 1.165) is 9.86 Å². The van der Waals surface area contributed by atoms with Gasteiger partial charge in [-0.15, -0.1) is 0 Å². The van der Waals surface area contributed by atoms with Crippen LogP contribution in [0.25, 0.3) is 33.5 Å². The molecule has 0 bridgehead atoms. The van der Waals surface area contributed by atoms with Crippen molar-refractivity contribution in [1.29, 1.82) is 0 Å². The molecule has 2 aromatic heterocycles. The van der Waals surface area contributed by atoms with E-state index in [-0.39, 0.29) is 11.1 Å². The summed E-state index contributed by atoms with van der Waals surface area (Å²) in [5.74, 6) is 1.51. The summed E-state index contributed by atoms with van der Waals surface area (Å²) in [7, 11) is 3.11. The average Bonchev–Trinajstić information content (AvgIpc) is 3.00. The first-order valence-electron chi connectivity index (χ1n) is 7.56. The fourth-order valence-corrected chi connectivity index (χ4v) is 3.66. The number of aromatic nitrogens is 2. The highest BCUT2D eigenvalue weighted by Crippen LogP contribution is 2.38. The molecule has 0 saturated carbocycles. The number of hydrogen-bond donors (Lipinski definition) is 1. The number of nitrogens with one attached hydrogen (secondary N) is 1. The van der Waals surface area contributed by atoms with Gasteiger partial charge in [-0.3, -0.25) is 4.79 Å². The van der Waals surface area contributed by atoms with E-state index in [1.165, 1.54) is 0 Å². The van der Waals surface area contributed by atoms with Gasteiger partial charge in [0.05, 0.1) is 14.2 Å². The first kappa shape index (κ1) is 17.1. The Labute approximate surface area is 164 Å². The summed E-state index contributed by atoms with van der Waals surface area (Å²) >= 11 is 6.94. The highest BCUT2D eigenvalue weighted by atomic mass is 79.9. The largest absolute Gasteiger partial charge is 0.493 e. The summed E-state index contributed by atoms with van der Waals surface area (Å²) in [4.78, 5) is 19.9. The van der Waals surface area contributed by atoms with Crippen molar-refractivity contribution in [1.82, 2.24) is 9.97 Å². The standard InChI is InChI=1S/C18H12Br2N2O4/c1-24-13-6-9(11(20)7-14(13)25-2)17-21-15-10-5-8(19)3-4-12(10)26-16(15)18(23)22-17/h3-7H,1-2H3,(H,21,22,23). The zero-order chi connectivity index (χ0) is 18.4. The minimum Gasteiger partial charge on any atom is -0.493 e. The molecule has 4 rings (SSSR count). The van der Waals surface area contributed by atoms with E-state index in [9.17, 15) is 4.79 Å². The van der Waals surface area contributed by atoms with Crippen LogP contribution in [0.4, 0.5) is 0 Å². The van der Waals surface area contributed by atoms with Gasteiger partial charge in [0.25, 0.3) is 5.56 Å². The van der Waals surface area contributed by atoms with Crippen molar-refractivity contribution in [2.75, 3.05) is 14.2 Å². The van der Waals surface area contributed by atoms with Gasteiger partial charge < -0.3 is 18.9 Å². The molecule has 0 fully saturated rings. The summed E-state index contributed by atoms with van der Waals surface area (Å²) < 4.78 is 17.9. The summed E-state index contributed by atoms with van der Waals surface area (Å²) in [6.07, 6.45) is 0. The highest BCUT2D eigenvalue weighted by Gasteiger charge is 2.17. The lowest BCUT2D eigenvalue weighted by atomic mass is 10.1. The highest BCUT2D eigenvalue weighted by molar-refractivity contribution is 9.10. The number of methoxy groups -OCH3 is 2. The maximum Gasteiger partial charge on any atom is 0.294 e. The normalized spacial score (nSPS) is 11.2. The van der Waals surface area contributed by atoms with E-state index < -0.39 is 0 Å². The molecule has 0 aliphatic carbocycles. The third-order valence-electron chi connectivity index (χ3n) is 4.01. The number of ether oxygens (including phenoxy) is 2. The van der Waals surface area contributed by atoms with Crippen LogP contribution in [0.3, 0.4) is 0 Å². The van der Waals surface area contributed by atoms with Crippen LogP contribution in [0.2, 0.25) is 0 Å². The Morgan fingerprint density at radius 2 is 1.81 bits per heavy atom. The zero-order valence-corrected chi connectivity index (χ0v) is 16.9. The maximum absolute atomic E-state index is 12.5. The lowest BCUT2D eigenvalue weighted by molar-refractivity contribution is 0.355. The molecule has 0 saturated heterocycles. The van der Waals surface area contributed by atoms with Crippen molar-refractivity contribution >= 4 is 53.9 Å². The molecule has 2 aromatic carbocycles. The molecule has 6 nitrogen and oxygen atoms in total. The minimum atomic E-state index is -0.348. The summed E-state index contributed by atoms with van der Waals surface area (Å²) in [5.41, 5.74) is 1.62. The van der Waals surface area contributed by atoms with E-state index in [1.807, 2.05) is 12.1 Å². The van der Waals surface area contributed by atoms with Crippen molar-refractivity contribution in [2.24, 2.45) is 0 Å². The number of rotatable bonds is 3. The third-order valence-corrected chi connectivity index (χ3v) is 5.16. The molecule has 0 aliphatic rings. The molecule has 0 unspecified atom stereocenters. The predicted octanol–water partition coefficient (Wildman–Crippen LogP) is 4.88. The fraction of sp³-hybridized carbons (Fsp3) is 0.111. The molecule has 0 amide bonds. The molecule has 0 spiro atoms. The number of H-pyrrole nitrogens is 1. The quantitative estimate of drug-likeness (QED) is 0.453. The summed E-state index contributed by atoms with van der Waals surface area (Å²) in [6, 6.07) is 9.05. The molecule has 132 valence electrons. The van der Waals surface area contributed by atoms with Crippen LogP contribution >= 0.6 is 31.9 Å². The first-order chi connectivity index (χ1) is 12.5. The van der Waals surface area contributed by atoms with Crippen molar-refractivity contribution in [3.63, 3.8) is 0 Å². The second-order valence-electron chi connectivity index (χ2n) is 5.52. The Morgan fingerprint density at radius 3 is 2.54 bits per heavy atom. The Bertz CT molecular complexity index is 1210. The van der Waals surface area contributed by atoms with Crippen LogP contribution in [0.15, 0.2) is 48.5 Å². The smallest absolute Gasteiger partial charge is 0.294 e. The van der Waals surface area contributed by atoms with Crippen LogP contribution < -0.4 is 15.0 Å². The van der Waals surface area contributed by atoms with Crippen LogP contribution in [-0.4, -0.2) is 24.2 Å². The van der Waals surface area contributed by atoms with Crippen LogP contribution in [0.5, 0.6) is 11.5 Å². The van der Waals surface area contributed by atoms with E-state index >= 15 is 0 Å². The van der Waals surface area contributed by atoms with Gasteiger partial charge in [0.15, 0.2) is 11.5 Å². The van der Waals surface area contributed by atoms with Gasteiger partial charge in [0.1, 0.15) is 16.9 Å². The minimum absolute atomic E-state index is 0.193. The number of halogens is 2. The predicted molar refractivity (Wildman–Crippen MR) is 106 cm³/mol. The molecule has 0 atom stereocenters. The molecular weight excluding hydrogens is 468 g/mol. The molecule has 26 heavy (non-hydrogen) atoms. The van der Waals surface area contributed by atoms with Crippen LogP contribution in [-0.2, 0) is 0 Å². The molecule has 0 aliphatic heterocycles. The van der Waals surface area contributed by atoms with Gasteiger partial charge in [-0.1, -0.05) is 15.9 Å². The SMILES string of the molecule is COc1cc(Br)c(-c2nc3c(oc4ccc(Br)cc43)c(=O)[nH]2)cc1OC. The number of fused-ring (bicyclic) bond motifs is 3. The third kappa shape index (κ3) is 2.69. The fourth-order valence-electron chi connectivity index (χ4n) is 2.79. The second kappa shape index (κ2) is 6.44. The molecule has 4 aromatic rings. The van der Waals surface area contributed by atoms with Crippen LogP contribution in [0.1, 0.15) is 0 Å². The maximum atomic E-state index is 12.5. The molecule has 0 radical (unpaired) electrons. The molecule has 1 N–H and O–H groups in total. The number of hydrogen-bond acceptors (Lipinski definition) is 5. The van der Waals surface area contributed by atoms with E-state index in [1.54, 1.807) is 32.4 Å².